The van der Waals surface area contributed by atoms with Crippen LogP contribution in [-0.4, -0.2) is 13.1 Å². The number of rotatable bonds is 3. The summed E-state index contributed by atoms with van der Waals surface area (Å²) in [6.45, 7) is 3.90. The van der Waals surface area contributed by atoms with Gasteiger partial charge in [0, 0.05) is 10.2 Å². The van der Waals surface area contributed by atoms with Crippen LogP contribution in [-0.2, 0) is 0 Å². The second-order valence-corrected chi connectivity index (χ2v) is 5.66. The Hall–Kier alpha value is -2.01. The van der Waals surface area contributed by atoms with Crippen molar-refractivity contribution in [2.45, 2.75) is 13.8 Å². The molecule has 2 aromatic rings. The molecule has 0 bridgehead atoms. The van der Waals surface area contributed by atoms with Crippen molar-refractivity contribution in [2.75, 3.05) is 17.7 Å². The van der Waals surface area contributed by atoms with Gasteiger partial charge in [-0.05, 0) is 55.3 Å². The van der Waals surface area contributed by atoms with Crippen LogP contribution < -0.4 is 15.4 Å². The molecular formula is C16H17BrN2O2. The summed E-state index contributed by atoms with van der Waals surface area (Å²) in [5.41, 5.74) is 3.44. The molecule has 5 heteroatoms. The van der Waals surface area contributed by atoms with Gasteiger partial charge in [0.25, 0.3) is 0 Å². The number of benzene rings is 2. The van der Waals surface area contributed by atoms with Crippen LogP contribution in [0.3, 0.4) is 0 Å². The van der Waals surface area contributed by atoms with Crippen LogP contribution in [0.1, 0.15) is 11.1 Å². The van der Waals surface area contributed by atoms with Crippen molar-refractivity contribution in [3.8, 4) is 5.75 Å². The second-order valence-electron chi connectivity index (χ2n) is 4.74. The maximum Gasteiger partial charge on any atom is 0.323 e. The zero-order valence-corrected chi connectivity index (χ0v) is 13.7. The minimum Gasteiger partial charge on any atom is -0.495 e. The van der Waals surface area contributed by atoms with Crippen molar-refractivity contribution in [3.63, 3.8) is 0 Å². The monoisotopic (exact) mass is 348 g/mol. The molecule has 0 unspecified atom stereocenters. The lowest BCUT2D eigenvalue weighted by molar-refractivity contribution is 0.262. The number of carbonyl (C=O) groups is 1. The molecule has 0 fully saturated rings. The molecule has 2 amide bonds. The molecular weight excluding hydrogens is 332 g/mol. The number of ether oxygens (including phenoxy) is 1. The van der Waals surface area contributed by atoms with Gasteiger partial charge in [-0.25, -0.2) is 4.79 Å². The van der Waals surface area contributed by atoms with Crippen LogP contribution in [0.5, 0.6) is 5.75 Å². The number of halogens is 1. The smallest absolute Gasteiger partial charge is 0.323 e. The predicted molar refractivity (Wildman–Crippen MR) is 89.3 cm³/mol. The Kier molecular flexibility index (Phi) is 4.85. The van der Waals surface area contributed by atoms with E-state index < -0.39 is 0 Å². The van der Waals surface area contributed by atoms with E-state index in [4.69, 9.17) is 4.74 Å². The summed E-state index contributed by atoms with van der Waals surface area (Å²) in [5, 5.41) is 5.64. The fourth-order valence-corrected chi connectivity index (χ4v) is 2.44. The maximum atomic E-state index is 12.1. The first-order valence-corrected chi connectivity index (χ1v) is 7.27. The highest BCUT2D eigenvalue weighted by molar-refractivity contribution is 9.10. The number of hydrogen-bond donors (Lipinski definition) is 2. The predicted octanol–water partition coefficient (Wildman–Crippen LogP) is 4.72. The van der Waals surface area contributed by atoms with E-state index >= 15 is 0 Å². The Morgan fingerprint density at radius 1 is 1.05 bits per heavy atom. The molecule has 110 valence electrons. The Morgan fingerprint density at radius 3 is 2.43 bits per heavy atom. The van der Waals surface area contributed by atoms with Gasteiger partial charge in [-0.2, -0.15) is 0 Å². The summed E-state index contributed by atoms with van der Waals surface area (Å²) in [6, 6.07) is 11.0. The molecule has 21 heavy (non-hydrogen) atoms. The number of anilines is 2. The van der Waals surface area contributed by atoms with Crippen molar-refractivity contribution in [1.82, 2.24) is 0 Å². The molecule has 0 aliphatic heterocycles. The molecule has 0 atom stereocenters. The first kappa shape index (κ1) is 15.4. The van der Waals surface area contributed by atoms with Crippen molar-refractivity contribution < 1.29 is 9.53 Å². The van der Waals surface area contributed by atoms with Gasteiger partial charge in [0.05, 0.1) is 12.8 Å². The van der Waals surface area contributed by atoms with E-state index in [0.717, 1.165) is 21.3 Å². The average molecular weight is 349 g/mol. The molecule has 0 aliphatic rings. The summed E-state index contributed by atoms with van der Waals surface area (Å²) in [7, 11) is 1.58. The van der Waals surface area contributed by atoms with Gasteiger partial charge in [-0.3, -0.25) is 0 Å². The van der Waals surface area contributed by atoms with Gasteiger partial charge in [0.15, 0.2) is 0 Å². The lowest BCUT2D eigenvalue weighted by Gasteiger charge is -2.13. The molecule has 0 aliphatic carbocycles. The zero-order valence-electron chi connectivity index (χ0n) is 12.2. The molecule has 2 N–H and O–H groups in total. The third-order valence-corrected chi connectivity index (χ3v) is 3.53. The number of hydrogen-bond acceptors (Lipinski definition) is 2. The van der Waals surface area contributed by atoms with Gasteiger partial charge < -0.3 is 15.4 Å². The van der Waals surface area contributed by atoms with Crippen LogP contribution in [0.4, 0.5) is 16.2 Å². The van der Waals surface area contributed by atoms with Crippen LogP contribution in [0.25, 0.3) is 0 Å². The van der Waals surface area contributed by atoms with Gasteiger partial charge in [0.1, 0.15) is 5.75 Å². The SMILES string of the molecule is COc1ccc(C)cc1NC(=O)Nc1ccc(Br)cc1C. The van der Waals surface area contributed by atoms with E-state index in [9.17, 15) is 4.79 Å². The van der Waals surface area contributed by atoms with Crippen molar-refractivity contribution in [1.29, 1.82) is 0 Å². The Morgan fingerprint density at radius 2 is 1.76 bits per heavy atom. The highest BCUT2D eigenvalue weighted by Crippen LogP contribution is 2.26. The fourth-order valence-electron chi connectivity index (χ4n) is 1.96. The summed E-state index contributed by atoms with van der Waals surface area (Å²) in [4.78, 5) is 12.1. The van der Waals surface area contributed by atoms with E-state index in [2.05, 4.69) is 26.6 Å². The molecule has 0 saturated carbocycles. The molecule has 0 radical (unpaired) electrons. The Balaban J connectivity index is 2.13. The van der Waals surface area contributed by atoms with E-state index in [1.807, 2.05) is 50.2 Å². The normalized spacial score (nSPS) is 10.1. The van der Waals surface area contributed by atoms with E-state index in [1.165, 1.54) is 0 Å². The van der Waals surface area contributed by atoms with E-state index in [1.54, 1.807) is 7.11 Å². The number of amides is 2. The van der Waals surface area contributed by atoms with Gasteiger partial charge >= 0.3 is 6.03 Å². The molecule has 2 rings (SSSR count). The van der Waals surface area contributed by atoms with Crippen molar-refractivity contribution >= 4 is 33.3 Å². The quantitative estimate of drug-likeness (QED) is 0.843. The molecule has 0 spiro atoms. The summed E-state index contributed by atoms with van der Waals surface area (Å²) >= 11 is 3.40. The van der Waals surface area contributed by atoms with E-state index in [0.29, 0.717) is 11.4 Å². The lowest BCUT2D eigenvalue weighted by Crippen LogP contribution is -2.20. The summed E-state index contributed by atoms with van der Waals surface area (Å²) in [6.07, 6.45) is 0. The van der Waals surface area contributed by atoms with Gasteiger partial charge in [-0.1, -0.05) is 22.0 Å². The van der Waals surface area contributed by atoms with Crippen LogP contribution >= 0.6 is 15.9 Å². The lowest BCUT2D eigenvalue weighted by atomic mass is 10.2. The highest BCUT2D eigenvalue weighted by atomic mass is 79.9. The highest BCUT2D eigenvalue weighted by Gasteiger charge is 2.09. The summed E-state index contributed by atoms with van der Waals surface area (Å²) in [5.74, 6) is 0.628. The number of aryl methyl sites for hydroxylation is 2. The van der Waals surface area contributed by atoms with E-state index in [-0.39, 0.29) is 6.03 Å². The molecule has 0 saturated heterocycles. The van der Waals surface area contributed by atoms with Crippen LogP contribution in [0.15, 0.2) is 40.9 Å². The van der Waals surface area contributed by atoms with Gasteiger partial charge in [0.2, 0.25) is 0 Å². The summed E-state index contributed by atoms with van der Waals surface area (Å²) < 4.78 is 6.22. The van der Waals surface area contributed by atoms with Crippen LogP contribution in [0, 0.1) is 13.8 Å². The first-order chi connectivity index (χ1) is 9.99. The third-order valence-electron chi connectivity index (χ3n) is 3.04. The average Bonchev–Trinajstić information content (AvgIpc) is 2.42. The standard InChI is InChI=1S/C16H17BrN2O2/c1-10-4-7-15(21-3)14(8-10)19-16(20)18-13-6-5-12(17)9-11(13)2/h4-9H,1-3H3,(H2,18,19,20). The number of urea groups is 1. The number of nitrogens with one attached hydrogen (secondary N) is 2. The van der Waals surface area contributed by atoms with Crippen molar-refractivity contribution in [3.05, 3.63) is 52.0 Å². The number of carbonyl (C=O) groups excluding carboxylic acids is 1. The molecule has 0 heterocycles. The van der Waals surface area contributed by atoms with Crippen LogP contribution in [0.2, 0.25) is 0 Å². The molecule has 0 aromatic heterocycles. The minimum absolute atomic E-state index is 0.302. The minimum atomic E-state index is -0.302. The largest absolute Gasteiger partial charge is 0.495 e. The van der Waals surface area contributed by atoms with Gasteiger partial charge in [-0.15, -0.1) is 0 Å². The third kappa shape index (κ3) is 3.98. The Bertz CT molecular complexity index is 671. The fraction of sp³-hybridized carbons (Fsp3) is 0.188. The first-order valence-electron chi connectivity index (χ1n) is 6.48. The van der Waals surface area contributed by atoms with Crippen molar-refractivity contribution in [2.24, 2.45) is 0 Å². The zero-order chi connectivity index (χ0) is 15.4. The second kappa shape index (κ2) is 6.63. The topological polar surface area (TPSA) is 50.4 Å². The Labute approximate surface area is 132 Å². The molecule has 4 nitrogen and oxygen atoms in total. The maximum absolute atomic E-state index is 12.1. The number of methoxy groups -OCH3 is 1. The molecule has 2 aromatic carbocycles.